The Bertz CT molecular complexity index is 1030. The minimum Gasteiger partial charge on any atom is -0.492 e. The molecule has 0 aliphatic heterocycles. The van der Waals surface area contributed by atoms with Crippen LogP contribution in [0, 0.1) is 0 Å². The van der Waals surface area contributed by atoms with Crippen molar-refractivity contribution in [3.05, 3.63) is 35.4 Å². The maximum Gasteiger partial charge on any atom is 0.259 e. The van der Waals surface area contributed by atoms with Crippen LogP contribution in [-0.2, 0) is 9.59 Å². The number of azo groups is 1. The summed E-state index contributed by atoms with van der Waals surface area (Å²) in [7, 11) is 0. The third-order valence-corrected chi connectivity index (χ3v) is 4.65. The smallest absolute Gasteiger partial charge is 0.259 e. The molecule has 2 rings (SSSR count). The fourth-order valence-corrected chi connectivity index (χ4v) is 3.17. The molecule has 0 aliphatic carbocycles. The molecule has 0 heterocycles. The van der Waals surface area contributed by atoms with E-state index >= 15 is 0 Å². The topological polar surface area (TPSA) is 108 Å². The number of benzene rings is 2. The van der Waals surface area contributed by atoms with E-state index in [2.05, 4.69) is 15.5 Å². The molecule has 0 radical (unpaired) electrons. The number of ether oxygens (including phenoxy) is 4. The van der Waals surface area contributed by atoms with Crippen molar-refractivity contribution in [1.29, 1.82) is 0 Å². The van der Waals surface area contributed by atoms with Crippen LogP contribution in [0.4, 0.5) is 11.4 Å². The van der Waals surface area contributed by atoms with Gasteiger partial charge in [0, 0.05) is 6.07 Å². The van der Waals surface area contributed by atoms with E-state index in [0.717, 1.165) is 0 Å². The number of anilines is 1. The van der Waals surface area contributed by atoms with E-state index in [1.807, 2.05) is 13.8 Å². The summed E-state index contributed by atoms with van der Waals surface area (Å²) in [6, 6.07) is 6.81. The highest BCUT2D eigenvalue weighted by atomic mass is 35.5. The van der Waals surface area contributed by atoms with Crippen molar-refractivity contribution in [3.63, 3.8) is 0 Å². The van der Waals surface area contributed by atoms with E-state index < -0.39 is 17.7 Å². The number of carbonyl (C=O) groups excluding carboxylic acids is 2. The lowest BCUT2D eigenvalue weighted by Gasteiger charge is -2.18. The largest absolute Gasteiger partial charge is 0.492 e. The molecule has 2 aromatic rings. The van der Waals surface area contributed by atoms with Crippen molar-refractivity contribution in [2.45, 2.75) is 40.7 Å². The first-order chi connectivity index (χ1) is 16.4. The molecule has 1 unspecified atom stereocenters. The SMILES string of the molecule is CCOc1ccc(N=NC(C(C)=O)C(=O)Nc2c(OCC)ccc(Cl)c2OCC)cc1OCC. The maximum atomic E-state index is 13.0. The third-order valence-electron chi connectivity index (χ3n) is 4.36. The normalized spacial score (nSPS) is 11.7. The molecule has 0 aromatic heterocycles. The zero-order valence-electron chi connectivity index (χ0n) is 20.0. The Morgan fingerprint density at radius 2 is 1.47 bits per heavy atom. The molecule has 0 spiro atoms. The summed E-state index contributed by atoms with van der Waals surface area (Å²) in [5.74, 6) is 0.473. The monoisotopic (exact) mass is 491 g/mol. The molecule has 1 N–H and O–H groups in total. The Kier molecular flexibility index (Phi) is 10.6. The maximum absolute atomic E-state index is 13.0. The highest BCUT2D eigenvalue weighted by Crippen LogP contribution is 2.41. The van der Waals surface area contributed by atoms with Gasteiger partial charge in [0.1, 0.15) is 11.4 Å². The zero-order chi connectivity index (χ0) is 25.1. The molecule has 184 valence electrons. The summed E-state index contributed by atoms with van der Waals surface area (Å²) >= 11 is 6.26. The van der Waals surface area contributed by atoms with Crippen LogP contribution in [0.15, 0.2) is 40.6 Å². The summed E-state index contributed by atoms with van der Waals surface area (Å²) in [6.45, 7) is 10.1. The van der Waals surface area contributed by atoms with Gasteiger partial charge in [-0.25, -0.2) is 0 Å². The number of Topliss-reactive ketones (excluding diaryl/α,β-unsaturated/α-hetero) is 1. The van der Waals surface area contributed by atoms with E-state index in [-0.39, 0.29) is 11.4 Å². The molecule has 1 atom stereocenters. The van der Waals surface area contributed by atoms with Crippen molar-refractivity contribution in [2.24, 2.45) is 10.2 Å². The first-order valence-electron chi connectivity index (χ1n) is 11.1. The predicted molar refractivity (Wildman–Crippen MR) is 130 cm³/mol. The van der Waals surface area contributed by atoms with Gasteiger partial charge in [-0.15, -0.1) is 0 Å². The van der Waals surface area contributed by atoms with Crippen molar-refractivity contribution >= 4 is 34.7 Å². The summed E-state index contributed by atoms with van der Waals surface area (Å²) in [6.07, 6.45) is 0. The molecule has 0 saturated carbocycles. The molecule has 34 heavy (non-hydrogen) atoms. The molecule has 0 bridgehead atoms. The van der Waals surface area contributed by atoms with Gasteiger partial charge in [-0.3, -0.25) is 9.59 Å². The minimum absolute atomic E-state index is 0.224. The van der Waals surface area contributed by atoms with Gasteiger partial charge in [-0.2, -0.15) is 10.2 Å². The predicted octanol–water partition coefficient (Wildman–Crippen LogP) is 5.61. The van der Waals surface area contributed by atoms with Crippen LogP contribution in [0.2, 0.25) is 5.02 Å². The highest BCUT2D eigenvalue weighted by molar-refractivity contribution is 6.33. The third kappa shape index (κ3) is 7.08. The van der Waals surface area contributed by atoms with E-state index in [1.165, 1.54) is 6.92 Å². The van der Waals surface area contributed by atoms with Gasteiger partial charge in [0.25, 0.3) is 5.91 Å². The first-order valence-corrected chi connectivity index (χ1v) is 11.4. The Labute approximate surface area is 204 Å². The number of hydrogen-bond donors (Lipinski definition) is 1. The quantitative estimate of drug-likeness (QED) is 0.288. The number of nitrogens with zero attached hydrogens (tertiary/aromatic N) is 2. The second kappa shape index (κ2) is 13.4. The molecule has 2 aromatic carbocycles. The van der Waals surface area contributed by atoms with Crippen molar-refractivity contribution in [1.82, 2.24) is 0 Å². The Balaban J connectivity index is 2.34. The number of nitrogens with one attached hydrogen (secondary N) is 1. The standard InChI is InChI=1S/C24H30ClN3O6/c1-6-31-18-12-10-16(14-20(18)33-8-3)27-28-21(15(5)29)24(30)26-22-19(32-7-2)13-11-17(25)23(22)34-9-4/h10-14,21H,6-9H2,1-5H3,(H,26,30). The Morgan fingerprint density at radius 1 is 0.882 bits per heavy atom. The average molecular weight is 492 g/mol. The molecule has 0 aliphatic rings. The summed E-state index contributed by atoms with van der Waals surface area (Å²) < 4.78 is 22.3. The van der Waals surface area contributed by atoms with Gasteiger partial charge in [-0.05, 0) is 58.9 Å². The van der Waals surface area contributed by atoms with Crippen molar-refractivity contribution < 1.29 is 28.5 Å². The van der Waals surface area contributed by atoms with Crippen LogP contribution in [0.3, 0.4) is 0 Å². The number of ketones is 1. The molecular weight excluding hydrogens is 462 g/mol. The van der Waals surface area contributed by atoms with Crippen LogP contribution in [0.5, 0.6) is 23.0 Å². The van der Waals surface area contributed by atoms with Crippen LogP contribution in [0.1, 0.15) is 34.6 Å². The number of hydrogen-bond acceptors (Lipinski definition) is 8. The number of carbonyl (C=O) groups is 2. The molecule has 1 amide bonds. The van der Waals surface area contributed by atoms with Crippen molar-refractivity contribution in [3.8, 4) is 23.0 Å². The van der Waals surface area contributed by atoms with Gasteiger partial charge in [0.05, 0.1) is 37.1 Å². The molecule has 10 heteroatoms. The van der Waals surface area contributed by atoms with E-state index in [4.69, 9.17) is 30.5 Å². The van der Waals surface area contributed by atoms with E-state index in [0.29, 0.717) is 54.4 Å². The van der Waals surface area contributed by atoms with Gasteiger partial charge >= 0.3 is 0 Å². The minimum atomic E-state index is -1.40. The summed E-state index contributed by atoms with van der Waals surface area (Å²) in [5, 5.41) is 11.0. The molecule has 9 nitrogen and oxygen atoms in total. The first kappa shape index (κ1) is 26.9. The Hall–Kier alpha value is -3.33. The van der Waals surface area contributed by atoms with Crippen LogP contribution >= 0.6 is 11.6 Å². The van der Waals surface area contributed by atoms with Crippen LogP contribution in [-0.4, -0.2) is 44.2 Å². The molecule has 0 saturated heterocycles. The van der Waals surface area contributed by atoms with E-state index in [1.54, 1.807) is 44.2 Å². The van der Waals surface area contributed by atoms with Gasteiger partial charge in [-0.1, -0.05) is 11.6 Å². The number of halogens is 1. The van der Waals surface area contributed by atoms with Crippen LogP contribution in [0.25, 0.3) is 0 Å². The zero-order valence-corrected chi connectivity index (χ0v) is 20.8. The second-order valence-electron chi connectivity index (χ2n) is 6.83. The average Bonchev–Trinajstić information content (AvgIpc) is 2.80. The second-order valence-corrected chi connectivity index (χ2v) is 7.24. The van der Waals surface area contributed by atoms with Gasteiger partial charge < -0.3 is 24.3 Å². The number of rotatable bonds is 13. The van der Waals surface area contributed by atoms with E-state index in [9.17, 15) is 9.59 Å². The summed E-state index contributed by atoms with van der Waals surface area (Å²) in [4.78, 5) is 25.3. The van der Waals surface area contributed by atoms with Gasteiger partial charge in [0.2, 0.25) is 6.04 Å². The number of amides is 1. The fraction of sp³-hybridized carbons (Fsp3) is 0.417. The van der Waals surface area contributed by atoms with Crippen molar-refractivity contribution in [2.75, 3.05) is 31.7 Å². The van der Waals surface area contributed by atoms with Gasteiger partial charge in [0.15, 0.2) is 23.0 Å². The lowest BCUT2D eigenvalue weighted by atomic mass is 10.2. The lowest BCUT2D eigenvalue weighted by Crippen LogP contribution is -2.32. The summed E-state index contributed by atoms with van der Waals surface area (Å²) in [5.41, 5.74) is 0.626. The Morgan fingerprint density at radius 3 is 2.09 bits per heavy atom. The highest BCUT2D eigenvalue weighted by Gasteiger charge is 2.26. The lowest BCUT2D eigenvalue weighted by molar-refractivity contribution is -0.126. The fourth-order valence-electron chi connectivity index (χ4n) is 2.96. The molecular formula is C24H30ClN3O6. The van der Waals surface area contributed by atoms with Crippen LogP contribution < -0.4 is 24.3 Å². The molecule has 0 fully saturated rings.